The molecule has 0 aliphatic carbocycles. The van der Waals surface area contributed by atoms with Crippen molar-refractivity contribution in [3.63, 3.8) is 0 Å². The summed E-state index contributed by atoms with van der Waals surface area (Å²) in [6.45, 7) is 3.48. The molecule has 1 aliphatic heterocycles. The van der Waals surface area contributed by atoms with E-state index in [2.05, 4.69) is 0 Å². The number of ether oxygens (including phenoxy) is 1. The number of nitrogens with zero attached hydrogens (tertiary/aromatic N) is 1. The van der Waals surface area contributed by atoms with Gasteiger partial charge in [0.05, 0.1) is 0 Å². The number of benzene rings is 1. The molecule has 0 saturated carbocycles. The number of rotatable bonds is 3. The summed E-state index contributed by atoms with van der Waals surface area (Å²) in [4.78, 5) is 2.03. The zero-order valence-corrected chi connectivity index (χ0v) is 11.8. The summed E-state index contributed by atoms with van der Waals surface area (Å²) >= 11 is 11.9. The lowest BCUT2D eigenvalue weighted by atomic mass is 9.82. The van der Waals surface area contributed by atoms with Crippen molar-refractivity contribution in [3.8, 4) is 5.75 Å². The number of hydrogen-bond acceptors (Lipinski definition) is 3. The lowest BCUT2D eigenvalue weighted by Gasteiger charge is -2.32. The Morgan fingerprint density at radius 2 is 1.78 bits per heavy atom. The van der Waals surface area contributed by atoms with Gasteiger partial charge in [-0.1, -0.05) is 23.2 Å². The quantitative estimate of drug-likeness (QED) is 0.868. The average Bonchev–Trinajstić information content (AvgIpc) is 2.28. The highest BCUT2D eigenvalue weighted by molar-refractivity contribution is 6.45. The summed E-state index contributed by atoms with van der Waals surface area (Å²) < 4.78 is 5.87. The molecule has 0 amide bonds. The molecule has 1 aromatic carbocycles. The molecule has 0 bridgehead atoms. The summed E-state index contributed by atoms with van der Waals surface area (Å²) in [5, 5.41) is 10.6. The van der Waals surface area contributed by atoms with Crippen LogP contribution in [0.15, 0.2) is 18.2 Å². The Balaban J connectivity index is 1.91. The fraction of sp³-hybridized carbons (Fsp3) is 0.500. The first-order valence-corrected chi connectivity index (χ1v) is 6.85. The van der Waals surface area contributed by atoms with Gasteiger partial charge >= 0.3 is 7.05 Å². The molecule has 1 aromatic rings. The zero-order valence-electron chi connectivity index (χ0n) is 10.3. The first-order valence-electron chi connectivity index (χ1n) is 6.09. The lowest BCUT2D eigenvalue weighted by molar-refractivity contribution is 0.128. The van der Waals surface area contributed by atoms with E-state index in [9.17, 15) is 5.02 Å². The van der Waals surface area contributed by atoms with Crippen molar-refractivity contribution in [2.45, 2.75) is 25.8 Å². The molecule has 1 N–H and O–H groups in total. The van der Waals surface area contributed by atoms with Gasteiger partial charge < -0.3 is 14.6 Å². The van der Waals surface area contributed by atoms with Crippen LogP contribution in [-0.4, -0.2) is 36.1 Å². The van der Waals surface area contributed by atoms with Gasteiger partial charge in [-0.05, 0) is 51.0 Å². The van der Waals surface area contributed by atoms with Crippen LogP contribution in [-0.2, 0) is 0 Å². The third-order valence-corrected chi connectivity index (χ3v) is 3.58. The van der Waals surface area contributed by atoms with Gasteiger partial charge in [0.2, 0.25) is 0 Å². The maximum atomic E-state index is 9.48. The predicted molar refractivity (Wildman–Crippen MR) is 75.5 cm³/mol. The lowest BCUT2D eigenvalue weighted by Crippen LogP contribution is -2.45. The van der Waals surface area contributed by atoms with Gasteiger partial charge in [0, 0.05) is 10.0 Å². The number of hydrogen-bond donors (Lipinski definition) is 1. The minimum atomic E-state index is -0.383. The molecule has 3 nitrogen and oxygen atoms in total. The van der Waals surface area contributed by atoms with Crippen molar-refractivity contribution in [1.29, 1.82) is 0 Å². The van der Waals surface area contributed by atoms with Crippen LogP contribution in [0.1, 0.15) is 12.8 Å². The van der Waals surface area contributed by atoms with E-state index in [1.807, 2.05) is 4.81 Å². The SMILES string of the molecule is CB(O)N1CCC(Oc2cc(Cl)cc(Cl)c2)CC1. The third-order valence-electron chi connectivity index (χ3n) is 3.14. The number of piperidine rings is 1. The highest BCUT2D eigenvalue weighted by Gasteiger charge is 2.24. The van der Waals surface area contributed by atoms with Crippen LogP contribution >= 0.6 is 23.2 Å². The zero-order chi connectivity index (χ0) is 13.1. The molecule has 1 fully saturated rings. The van der Waals surface area contributed by atoms with E-state index >= 15 is 0 Å². The molecule has 18 heavy (non-hydrogen) atoms. The van der Waals surface area contributed by atoms with Crippen LogP contribution in [0.25, 0.3) is 0 Å². The van der Waals surface area contributed by atoms with E-state index in [4.69, 9.17) is 27.9 Å². The highest BCUT2D eigenvalue weighted by Crippen LogP contribution is 2.26. The Morgan fingerprint density at radius 3 is 2.28 bits per heavy atom. The van der Waals surface area contributed by atoms with E-state index in [0.29, 0.717) is 15.8 Å². The molecule has 1 aliphatic rings. The molecular formula is C12H16BCl2NO2. The fourth-order valence-electron chi connectivity index (χ4n) is 2.16. The predicted octanol–water partition coefficient (Wildman–Crippen LogP) is 2.95. The monoisotopic (exact) mass is 287 g/mol. The van der Waals surface area contributed by atoms with Crippen molar-refractivity contribution in [1.82, 2.24) is 4.81 Å². The summed E-state index contributed by atoms with van der Waals surface area (Å²) in [7, 11) is -0.383. The Morgan fingerprint density at radius 1 is 1.22 bits per heavy atom. The molecule has 98 valence electrons. The van der Waals surface area contributed by atoms with E-state index in [1.54, 1.807) is 25.0 Å². The van der Waals surface area contributed by atoms with Gasteiger partial charge in [0.25, 0.3) is 0 Å². The highest BCUT2D eigenvalue weighted by atomic mass is 35.5. The van der Waals surface area contributed by atoms with Crippen LogP contribution in [0.2, 0.25) is 16.9 Å². The summed E-state index contributed by atoms with van der Waals surface area (Å²) in [5.74, 6) is 0.711. The van der Waals surface area contributed by atoms with E-state index < -0.39 is 0 Å². The Hall–Kier alpha value is -0.415. The maximum Gasteiger partial charge on any atom is 0.376 e. The molecule has 0 atom stereocenters. The van der Waals surface area contributed by atoms with E-state index in [-0.39, 0.29) is 13.2 Å². The van der Waals surface area contributed by atoms with Crippen LogP contribution < -0.4 is 4.74 Å². The van der Waals surface area contributed by atoms with Crippen molar-refractivity contribution in [3.05, 3.63) is 28.2 Å². The van der Waals surface area contributed by atoms with Gasteiger partial charge in [0.15, 0.2) is 0 Å². The first-order chi connectivity index (χ1) is 8.54. The standard InChI is InChI=1S/C12H16BCl2NO2/c1-13(17)16-4-2-11(3-5-16)18-12-7-9(14)6-10(15)8-12/h6-8,11,17H,2-5H2,1H3. The molecule has 0 spiro atoms. The van der Waals surface area contributed by atoms with Crippen molar-refractivity contribution >= 4 is 30.3 Å². The second-order valence-corrected chi connectivity index (χ2v) is 5.46. The minimum Gasteiger partial charge on any atom is -0.490 e. The Kier molecular flexibility index (Phi) is 4.79. The Bertz CT molecular complexity index is 389. The van der Waals surface area contributed by atoms with Crippen LogP contribution in [0.3, 0.4) is 0 Å². The van der Waals surface area contributed by atoms with Crippen molar-refractivity contribution in [2.24, 2.45) is 0 Å². The second kappa shape index (κ2) is 6.15. The number of halogens is 2. The molecule has 2 rings (SSSR count). The van der Waals surface area contributed by atoms with Crippen LogP contribution in [0.5, 0.6) is 5.75 Å². The molecule has 1 saturated heterocycles. The van der Waals surface area contributed by atoms with E-state index in [0.717, 1.165) is 25.9 Å². The van der Waals surface area contributed by atoms with Crippen LogP contribution in [0.4, 0.5) is 0 Å². The molecule has 0 radical (unpaired) electrons. The van der Waals surface area contributed by atoms with Crippen molar-refractivity contribution < 1.29 is 9.76 Å². The topological polar surface area (TPSA) is 32.7 Å². The first kappa shape index (κ1) is 14.0. The van der Waals surface area contributed by atoms with Gasteiger partial charge in [-0.15, -0.1) is 0 Å². The van der Waals surface area contributed by atoms with Crippen molar-refractivity contribution in [2.75, 3.05) is 13.1 Å². The largest absolute Gasteiger partial charge is 0.490 e. The summed E-state index contributed by atoms with van der Waals surface area (Å²) in [6, 6.07) is 5.23. The van der Waals surface area contributed by atoms with E-state index in [1.165, 1.54) is 0 Å². The summed E-state index contributed by atoms with van der Waals surface area (Å²) in [5.41, 5.74) is 0. The second-order valence-electron chi connectivity index (χ2n) is 4.59. The fourth-order valence-corrected chi connectivity index (χ4v) is 2.66. The van der Waals surface area contributed by atoms with Gasteiger partial charge in [-0.3, -0.25) is 0 Å². The molecule has 0 aromatic heterocycles. The van der Waals surface area contributed by atoms with Gasteiger partial charge in [-0.25, -0.2) is 0 Å². The Labute approximate surface area is 118 Å². The normalized spacial score (nSPS) is 17.8. The van der Waals surface area contributed by atoms with Crippen LogP contribution in [0, 0.1) is 0 Å². The van der Waals surface area contributed by atoms with Gasteiger partial charge in [0.1, 0.15) is 11.9 Å². The smallest absolute Gasteiger partial charge is 0.376 e. The van der Waals surface area contributed by atoms with Gasteiger partial charge in [-0.2, -0.15) is 0 Å². The molecule has 0 unspecified atom stereocenters. The minimum absolute atomic E-state index is 0.162. The molecule has 6 heteroatoms. The maximum absolute atomic E-state index is 9.48. The average molecular weight is 288 g/mol. The third kappa shape index (κ3) is 3.79. The summed E-state index contributed by atoms with van der Waals surface area (Å²) in [6.07, 6.45) is 1.96. The molecular weight excluding hydrogens is 272 g/mol. The molecule has 1 heterocycles.